The molecule has 3 rings (SSSR count). The molecule has 0 aromatic carbocycles. The number of hydrogen-bond acceptors (Lipinski definition) is 5. The minimum Gasteiger partial charge on any atom is -0.381 e. The Hall–Kier alpha value is -1.62. The Morgan fingerprint density at radius 2 is 2.17 bits per heavy atom. The monoisotopic (exact) mass is 530 g/mol. The molecule has 0 radical (unpaired) electrons. The average molecular weight is 530 g/mol. The average Bonchev–Trinajstić information content (AvgIpc) is 3.24. The second kappa shape index (κ2) is 12.3. The largest absolute Gasteiger partial charge is 0.381 e. The molecule has 2 saturated heterocycles. The van der Waals surface area contributed by atoms with Crippen LogP contribution in [0.1, 0.15) is 31.7 Å². The van der Waals surface area contributed by atoms with Gasteiger partial charge in [-0.25, -0.2) is 9.98 Å². The molecule has 3 heterocycles. The highest BCUT2D eigenvalue weighted by molar-refractivity contribution is 14.0. The van der Waals surface area contributed by atoms with Gasteiger partial charge in [0.1, 0.15) is 5.82 Å². The van der Waals surface area contributed by atoms with Crippen molar-refractivity contribution in [1.82, 2.24) is 15.2 Å². The molecule has 1 aromatic rings. The lowest BCUT2D eigenvalue weighted by Gasteiger charge is -2.32. The van der Waals surface area contributed by atoms with Gasteiger partial charge in [-0.2, -0.15) is 0 Å². The molecule has 0 spiro atoms. The lowest BCUT2D eigenvalue weighted by molar-refractivity contribution is -0.122. The Balaban J connectivity index is 0.00000320. The van der Waals surface area contributed by atoms with E-state index in [9.17, 15) is 4.79 Å². The summed E-state index contributed by atoms with van der Waals surface area (Å²) in [5.41, 5.74) is 6.56. The summed E-state index contributed by atoms with van der Waals surface area (Å²) in [7, 11) is 2.08. The fourth-order valence-electron chi connectivity index (χ4n) is 4.05. The molecule has 2 aliphatic heterocycles. The van der Waals surface area contributed by atoms with Gasteiger partial charge in [-0.15, -0.1) is 24.0 Å². The fraction of sp³-hybridized carbons (Fsp3) is 0.667. The summed E-state index contributed by atoms with van der Waals surface area (Å²) in [4.78, 5) is 25.4. The van der Waals surface area contributed by atoms with Crippen molar-refractivity contribution in [2.45, 2.75) is 32.7 Å². The van der Waals surface area contributed by atoms with E-state index in [2.05, 4.69) is 40.1 Å². The van der Waals surface area contributed by atoms with Crippen molar-refractivity contribution < 1.29 is 9.53 Å². The third-order valence-electron chi connectivity index (χ3n) is 5.72. The number of ether oxygens (including phenoxy) is 1. The number of amides is 1. The topological polar surface area (TPSA) is 96.1 Å². The number of carbonyl (C=O) groups excluding carboxylic acids is 1. The quantitative estimate of drug-likeness (QED) is 0.318. The molecular formula is C21H35IN6O2. The molecule has 1 aromatic heterocycles. The number of hydrogen-bond donors (Lipinski definition) is 2. The van der Waals surface area contributed by atoms with Crippen LogP contribution in [-0.2, 0) is 16.1 Å². The van der Waals surface area contributed by atoms with Crippen molar-refractivity contribution in [3.8, 4) is 0 Å². The van der Waals surface area contributed by atoms with E-state index in [1.807, 2.05) is 12.3 Å². The summed E-state index contributed by atoms with van der Waals surface area (Å²) < 4.78 is 5.50. The van der Waals surface area contributed by atoms with Gasteiger partial charge in [0.2, 0.25) is 5.91 Å². The summed E-state index contributed by atoms with van der Waals surface area (Å²) >= 11 is 0. The van der Waals surface area contributed by atoms with Crippen LogP contribution in [0.25, 0.3) is 0 Å². The first-order valence-electron chi connectivity index (χ1n) is 10.6. The number of halogens is 1. The van der Waals surface area contributed by atoms with E-state index in [1.165, 1.54) is 0 Å². The lowest BCUT2D eigenvalue weighted by atomic mass is 9.96. The van der Waals surface area contributed by atoms with E-state index in [0.29, 0.717) is 12.5 Å². The van der Waals surface area contributed by atoms with Crippen molar-refractivity contribution in [1.29, 1.82) is 0 Å². The Labute approximate surface area is 196 Å². The van der Waals surface area contributed by atoms with Gasteiger partial charge in [0.05, 0.1) is 13.2 Å². The Kier molecular flexibility index (Phi) is 10.1. The molecule has 30 heavy (non-hydrogen) atoms. The maximum Gasteiger partial charge on any atom is 0.220 e. The SMILES string of the molecule is CCNC(=NCc1cccnc1N1CCC(C(N)=O)CC1)N(C)CC1CCOC1.I. The number of aliphatic imine (C=N–C) groups is 1. The predicted octanol–water partition coefficient (Wildman–Crippen LogP) is 1.84. The highest BCUT2D eigenvalue weighted by Gasteiger charge is 2.25. The zero-order valence-corrected chi connectivity index (χ0v) is 20.4. The van der Waals surface area contributed by atoms with Crippen LogP contribution in [0.2, 0.25) is 0 Å². The number of primary amides is 1. The molecular weight excluding hydrogens is 495 g/mol. The number of nitrogens with two attached hydrogens (primary N) is 1. The highest BCUT2D eigenvalue weighted by atomic mass is 127. The molecule has 8 nitrogen and oxygen atoms in total. The van der Waals surface area contributed by atoms with Crippen LogP contribution in [0.15, 0.2) is 23.3 Å². The van der Waals surface area contributed by atoms with Crippen molar-refractivity contribution >= 4 is 41.7 Å². The van der Waals surface area contributed by atoms with E-state index in [4.69, 9.17) is 15.5 Å². The van der Waals surface area contributed by atoms with Crippen molar-refractivity contribution in [3.63, 3.8) is 0 Å². The molecule has 1 unspecified atom stereocenters. The van der Waals surface area contributed by atoms with Gasteiger partial charge in [0, 0.05) is 63.4 Å². The van der Waals surface area contributed by atoms with Gasteiger partial charge >= 0.3 is 0 Å². The van der Waals surface area contributed by atoms with E-state index >= 15 is 0 Å². The summed E-state index contributed by atoms with van der Waals surface area (Å²) in [5, 5.41) is 3.39. The van der Waals surface area contributed by atoms with Crippen LogP contribution in [-0.4, -0.2) is 68.2 Å². The van der Waals surface area contributed by atoms with Gasteiger partial charge in [-0.1, -0.05) is 6.07 Å². The number of carbonyl (C=O) groups is 1. The van der Waals surface area contributed by atoms with E-state index in [-0.39, 0.29) is 35.8 Å². The summed E-state index contributed by atoms with van der Waals surface area (Å²) in [6, 6.07) is 4.04. The molecule has 1 atom stereocenters. The second-order valence-electron chi connectivity index (χ2n) is 7.93. The maximum absolute atomic E-state index is 11.4. The number of nitrogens with one attached hydrogen (secondary N) is 1. The number of aromatic nitrogens is 1. The number of pyridine rings is 1. The lowest BCUT2D eigenvalue weighted by Crippen LogP contribution is -2.41. The molecule has 0 saturated carbocycles. The first-order chi connectivity index (χ1) is 14.1. The van der Waals surface area contributed by atoms with Crippen LogP contribution in [0, 0.1) is 11.8 Å². The summed E-state index contributed by atoms with van der Waals surface area (Å²) in [5.74, 6) is 2.21. The molecule has 0 aliphatic carbocycles. The molecule has 3 N–H and O–H groups in total. The minimum absolute atomic E-state index is 0. The molecule has 2 aliphatic rings. The van der Waals surface area contributed by atoms with Crippen LogP contribution in [0.3, 0.4) is 0 Å². The minimum atomic E-state index is -0.193. The summed E-state index contributed by atoms with van der Waals surface area (Å²) in [6.45, 7) is 7.69. The van der Waals surface area contributed by atoms with Crippen LogP contribution in [0.5, 0.6) is 0 Å². The Bertz CT molecular complexity index is 702. The number of guanidine groups is 1. The molecule has 2 fully saturated rings. The van der Waals surface area contributed by atoms with E-state index in [1.54, 1.807) is 0 Å². The Morgan fingerprint density at radius 3 is 2.80 bits per heavy atom. The van der Waals surface area contributed by atoms with Crippen LogP contribution in [0.4, 0.5) is 5.82 Å². The number of piperidine rings is 1. The van der Waals surface area contributed by atoms with E-state index in [0.717, 1.165) is 76.0 Å². The third-order valence-corrected chi connectivity index (χ3v) is 5.72. The van der Waals surface area contributed by atoms with Crippen molar-refractivity contribution in [3.05, 3.63) is 23.9 Å². The van der Waals surface area contributed by atoms with E-state index < -0.39 is 0 Å². The zero-order chi connectivity index (χ0) is 20.6. The van der Waals surface area contributed by atoms with Crippen LogP contribution < -0.4 is 16.0 Å². The van der Waals surface area contributed by atoms with Crippen LogP contribution >= 0.6 is 24.0 Å². The Morgan fingerprint density at radius 1 is 1.40 bits per heavy atom. The highest BCUT2D eigenvalue weighted by Crippen LogP contribution is 2.25. The second-order valence-corrected chi connectivity index (χ2v) is 7.93. The smallest absolute Gasteiger partial charge is 0.220 e. The summed E-state index contributed by atoms with van der Waals surface area (Å²) in [6.07, 6.45) is 4.49. The fourth-order valence-corrected chi connectivity index (χ4v) is 4.05. The number of nitrogens with zero attached hydrogens (tertiary/aromatic N) is 4. The first kappa shape index (κ1) is 24.6. The number of anilines is 1. The normalized spacial score (nSPS) is 20.0. The molecule has 1 amide bonds. The first-order valence-corrected chi connectivity index (χ1v) is 10.6. The van der Waals surface area contributed by atoms with Gasteiger partial charge in [0.15, 0.2) is 5.96 Å². The van der Waals surface area contributed by atoms with Gasteiger partial charge in [-0.05, 0) is 32.3 Å². The van der Waals surface area contributed by atoms with Gasteiger partial charge < -0.3 is 25.6 Å². The van der Waals surface area contributed by atoms with Gasteiger partial charge in [-0.3, -0.25) is 4.79 Å². The standard InChI is InChI=1S/C21H34N6O2.HI/c1-3-23-21(26(2)14-16-8-12-29-15-16)25-13-18-5-4-9-24-20(18)27-10-6-17(7-11-27)19(22)28;/h4-5,9,16-17H,3,6-8,10-15H2,1-2H3,(H2,22,28)(H,23,25);1H. The van der Waals surface area contributed by atoms with Gasteiger partial charge in [0.25, 0.3) is 0 Å². The van der Waals surface area contributed by atoms with Crippen molar-refractivity contribution in [2.24, 2.45) is 22.6 Å². The zero-order valence-electron chi connectivity index (χ0n) is 18.0. The predicted molar refractivity (Wildman–Crippen MR) is 130 cm³/mol. The number of rotatable bonds is 7. The maximum atomic E-state index is 11.4. The molecule has 168 valence electrons. The molecule has 9 heteroatoms. The molecule has 0 bridgehead atoms. The van der Waals surface area contributed by atoms with Crippen molar-refractivity contribution in [2.75, 3.05) is 51.3 Å². The third kappa shape index (κ3) is 6.69.